The second kappa shape index (κ2) is 7.10. The highest BCUT2D eigenvalue weighted by Crippen LogP contribution is 2.61. The number of nitrogens with zero attached hydrogens (tertiary/aromatic N) is 1. The van der Waals surface area contributed by atoms with Crippen LogP contribution in [0.15, 0.2) is 88.7 Å². The molecule has 0 N–H and O–H groups in total. The quantitative estimate of drug-likeness (QED) is 0.221. The van der Waals surface area contributed by atoms with Crippen molar-refractivity contribution in [1.29, 1.82) is 0 Å². The van der Waals surface area contributed by atoms with Crippen LogP contribution in [0.2, 0.25) is 0 Å². The fourth-order valence-corrected chi connectivity index (χ4v) is 10.7. The van der Waals surface area contributed by atoms with Crippen molar-refractivity contribution in [1.82, 2.24) is 0 Å². The van der Waals surface area contributed by atoms with E-state index in [-0.39, 0.29) is 6.71 Å². The minimum atomic E-state index is 0.201. The summed E-state index contributed by atoms with van der Waals surface area (Å²) < 4.78 is 6.87. The summed E-state index contributed by atoms with van der Waals surface area (Å²) in [7, 11) is 0. The minimum Gasteiger partial charge on any atom is -0.458 e. The van der Waals surface area contributed by atoms with E-state index in [0.717, 1.165) is 29.3 Å². The first-order chi connectivity index (χ1) is 18.7. The van der Waals surface area contributed by atoms with Crippen molar-refractivity contribution in [3.63, 3.8) is 0 Å². The first kappa shape index (κ1) is 20.8. The Kier molecular flexibility index (Phi) is 3.89. The molecule has 3 heterocycles. The van der Waals surface area contributed by atoms with Gasteiger partial charge in [0.25, 0.3) is 6.71 Å². The van der Waals surface area contributed by atoms with Gasteiger partial charge in [-0.2, -0.15) is 0 Å². The maximum Gasteiger partial charge on any atom is 0.256 e. The van der Waals surface area contributed by atoms with Gasteiger partial charge in [0, 0.05) is 15.5 Å². The molecule has 0 unspecified atom stereocenters. The zero-order valence-corrected chi connectivity index (χ0v) is 22.1. The lowest BCUT2D eigenvalue weighted by Crippen LogP contribution is -2.60. The van der Waals surface area contributed by atoms with Crippen molar-refractivity contribution in [2.24, 2.45) is 17.8 Å². The van der Waals surface area contributed by atoms with Gasteiger partial charge >= 0.3 is 0 Å². The largest absolute Gasteiger partial charge is 0.458 e. The van der Waals surface area contributed by atoms with Crippen LogP contribution in [0.25, 0.3) is 0 Å². The molecule has 0 radical (unpaired) electrons. The van der Waals surface area contributed by atoms with Gasteiger partial charge in [-0.25, -0.2) is 0 Å². The molecule has 0 saturated heterocycles. The van der Waals surface area contributed by atoms with E-state index in [0.29, 0.717) is 5.41 Å². The molecule has 2 nitrogen and oxygen atoms in total. The summed E-state index contributed by atoms with van der Waals surface area (Å²) in [6.45, 7) is 0.201. The topological polar surface area (TPSA) is 12.5 Å². The second-order valence-corrected chi connectivity index (χ2v) is 13.9. The number of para-hydroxylation sites is 2. The van der Waals surface area contributed by atoms with Crippen molar-refractivity contribution >= 4 is 51.9 Å². The summed E-state index contributed by atoms with van der Waals surface area (Å²) in [6, 6.07) is 29.8. The summed E-state index contributed by atoms with van der Waals surface area (Å²) in [5.74, 6) is 4.96. The van der Waals surface area contributed by atoms with Gasteiger partial charge in [0.2, 0.25) is 0 Å². The Balaban J connectivity index is 1.17. The van der Waals surface area contributed by atoms with Gasteiger partial charge < -0.3 is 9.64 Å². The Bertz CT molecular complexity index is 1660. The Morgan fingerprint density at radius 2 is 1.45 bits per heavy atom. The van der Waals surface area contributed by atoms with Gasteiger partial charge in [-0.3, -0.25) is 0 Å². The molecule has 3 aliphatic heterocycles. The summed E-state index contributed by atoms with van der Waals surface area (Å²) in [5.41, 5.74) is 9.85. The van der Waals surface area contributed by atoms with E-state index in [1.807, 2.05) is 11.8 Å². The maximum atomic E-state index is 6.87. The van der Waals surface area contributed by atoms with E-state index in [1.54, 1.807) is 5.56 Å². The molecule has 4 aliphatic carbocycles. The Labute approximate surface area is 228 Å². The number of ether oxygens (including phenoxy) is 1. The molecule has 0 aromatic heterocycles. The van der Waals surface area contributed by atoms with Crippen LogP contribution < -0.4 is 26.0 Å². The predicted octanol–water partition coefficient (Wildman–Crippen LogP) is 7.02. The SMILES string of the molecule is c1ccc2c(c1)Sc1ccc3c4c1N2c1ccccc1B4c1ccc(C24CC5CC(CC(C5)C2)C4)cc1O3. The van der Waals surface area contributed by atoms with Crippen molar-refractivity contribution in [3.8, 4) is 11.5 Å². The van der Waals surface area contributed by atoms with Crippen molar-refractivity contribution < 1.29 is 4.74 Å². The molecule has 0 atom stereocenters. The predicted molar refractivity (Wildman–Crippen MR) is 156 cm³/mol. The fourth-order valence-electron chi connectivity index (χ4n) is 9.66. The summed E-state index contributed by atoms with van der Waals surface area (Å²) >= 11 is 1.89. The molecular weight excluding hydrogens is 481 g/mol. The van der Waals surface area contributed by atoms with Gasteiger partial charge in [0.05, 0.1) is 11.4 Å². The van der Waals surface area contributed by atoms with E-state index < -0.39 is 0 Å². The third-order valence-corrected chi connectivity index (χ3v) is 11.8. The fraction of sp³-hybridized carbons (Fsp3) is 0.294. The molecular formula is C34H28BNOS. The zero-order valence-electron chi connectivity index (χ0n) is 21.3. The standard InChI is InChI=1S/C34H28BNOS/c1-2-6-26-24(5-1)35-25-10-9-23(34-17-20-13-21(18-34)15-22(14-20)19-34)16-29(25)37-28-11-12-31-33(32(28)35)36(26)27-7-3-4-8-30(27)38-31/h1-12,16,20-22H,13-15,17-19H2. The van der Waals surface area contributed by atoms with Gasteiger partial charge in [0.15, 0.2) is 0 Å². The van der Waals surface area contributed by atoms with Crippen LogP contribution in [0.3, 0.4) is 0 Å². The van der Waals surface area contributed by atoms with E-state index in [2.05, 4.69) is 83.8 Å². The zero-order chi connectivity index (χ0) is 24.6. The number of anilines is 3. The molecule has 7 aliphatic rings. The number of fused-ring (bicyclic) bond motifs is 7. The van der Waals surface area contributed by atoms with Crippen LogP contribution in [0.4, 0.5) is 17.1 Å². The molecule has 11 rings (SSSR count). The van der Waals surface area contributed by atoms with Crippen LogP contribution in [0, 0.1) is 17.8 Å². The third kappa shape index (κ3) is 2.58. The van der Waals surface area contributed by atoms with Gasteiger partial charge in [-0.05, 0) is 120 Å². The molecule has 4 aromatic rings. The molecule has 4 fully saturated rings. The second-order valence-electron chi connectivity index (χ2n) is 12.8. The van der Waals surface area contributed by atoms with E-state index >= 15 is 0 Å². The van der Waals surface area contributed by atoms with Crippen molar-refractivity contribution in [2.45, 2.75) is 53.7 Å². The Morgan fingerprint density at radius 3 is 2.26 bits per heavy atom. The summed E-state index contributed by atoms with van der Waals surface area (Å²) in [4.78, 5) is 5.12. The summed E-state index contributed by atoms with van der Waals surface area (Å²) in [5, 5.41) is 0. The van der Waals surface area contributed by atoms with Gasteiger partial charge in [-0.15, -0.1) is 0 Å². The Morgan fingerprint density at radius 1 is 0.711 bits per heavy atom. The molecule has 184 valence electrons. The molecule has 0 spiro atoms. The molecule has 4 bridgehead atoms. The maximum absolute atomic E-state index is 6.87. The van der Waals surface area contributed by atoms with Crippen LogP contribution in [0.1, 0.15) is 44.1 Å². The van der Waals surface area contributed by atoms with Crippen LogP contribution >= 0.6 is 11.8 Å². The number of hydrogen-bond acceptors (Lipinski definition) is 3. The highest BCUT2D eigenvalue weighted by atomic mass is 32.2. The monoisotopic (exact) mass is 509 g/mol. The van der Waals surface area contributed by atoms with E-state index in [9.17, 15) is 0 Å². The number of benzene rings is 4. The highest BCUT2D eigenvalue weighted by molar-refractivity contribution is 7.99. The third-order valence-electron chi connectivity index (χ3n) is 10.7. The lowest BCUT2D eigenvalue weighted by Gasteiger charge is -2.57. The molecule has 0 amide bonds. The van der Waals surface area contributed by atoms with Crippen molar-refractivity contribution in [2.75, 3.05) is 4.90 Å². The lowest BCUT2D eigenvalue weighted by molar-refractivity contribution is -0.00524. The first-order valence-electron chi connectivity index (χ1n) is 14.4. The van der Waals surface area contributed by atoms with Gasteiger partial charge in [0.1, 0.15) is 11.5 Å². The van der Waals surface area contributed by atoms with Crippen molar-refractivity contribution in [3.05, 3.63) is 84.4 Å². The normalized spacial score (nSPS) is 28.3. The highest BCUT2D eigenvalue weighted by Gasteiger charge is 2.52. The summed E-state index contributed by atoms with van der Waals surface area (Å²) in [6.07, 6.45) is 8.61. The average molecular weight is 509 g/mol. The van der Waals surface area contributed by atoms with E-state index in [1.165, 1.54) is 81.8 Å². The molecule has 38 heavy (non-hydrogen) atoms. The lowest BCUT2D eigenvalue weighted by atomic mass is 9.34. The average Bonchev–Trinajstić information content (AvgIpc) is 2.94. The minimum absolute atomic E-state index is 0.201. The van der Waals surface area contributed by atoms with Crippen LogP contribution in [-0.4, -0.2) is 6.71 Å². The van der Waals surface area contributed by atoms with Gasteiger partial charge in [-0.1, -0.05) is 54.2 Å². The molecule has 4 heteroatoms. The van der Waals surface area contributed by atoms with Crippen LogP contribution in [-0.2, 0) is 5.41 Å². The van der Waals surface area contributed by atoms with E-state index in [4.69, 9.17) is 4.74 Å². The molecule has 4 aromatic carbocycles. The first-order valence-corrected chi connectivity index (χ1v) is 15.2. The smallest absolute Gasteiger partial charge is 0.256 e. The number of hydrogen-bond donors (Lipinski definition) is 0. The Hall–Kier alpha value is -3.11. The number of rotatable bonds is 1. The molecule has 4 saturated carbocycles. The van der Waals surface area contributed by atoms with Crippen LogP contribution in [0.5, 0.6) is 11.5 Å².